The van der Waals surface area contributed by atoms with Gasteiger partial charge < -0.3 is 19.3 Å². The minimum Gasteiger partial charge on any atom is -0.444 e. The Hall–Kier alpha value is -2.45. The summed E-state index contributed by atoms with van der Waals surface area (Å²) in [5.74, 6) is -0.270. The van der Waals surface area contributed by atoms with Crippen LogP contribution in [0, 0.1) is 11.7 Å². The van der Waals surface area contributed by atoms with Gasteiger partial charge in [-0.2, -0.15) is 0 Å². The molecule has 0 radical (unpaired) electrons. The highest BCUT2D eigenvalue weighted by atomic mass is 79.9. The molecule has 2 fully saturated rings. The summed E-state index contributed by atoms with van der Waals surface area (Å²) in [6.45, 7) is 7.36. The summed E-state index contributed by atoms with van der Waals surface area (Å²) in [4.78, 5) is 30.2. The van der Waals surface area contributed by atoms with Crippen LogP contribution in [0.25, 0.3) is 0 Å². The van der Waals surface area contributed by atoms with Gasteiger partial charge in [0.15, 0.2) is 0 Å². The lowest BCUT2D eigenvalue weighted by molar-refractivity contribution is -0.144. The first-order chi connectivity index (χ1) is 18.1. The largest absolute Gasteiger partial charge is 0.444 e. The molecule has 0 aromatic heterocycles. The van der Waals surface area contributed by atoms with Gasteiger partial charge in [0, 0.05) is 41.5 Å². The molecule has 2 amide bonds. The smallest absolute Gasteiger partial charge is 0.410 e. The van der Waals surface area contributed by atoms with Crippen molar-refractivity contribution in [3.05, 3.63) is 69.9 Å². The van der Waals surface area contributed by atoms with Crippen molar-refractivity contribution < 1.29 is 23.5 Å². The van der Waals surface area contributed by atoms with Crippen molar-refractivity contribution in [1.29, 1.82) is 0 Å². The molecule has 1 heterocycles. The van der Waals surface area contributed by atoms with Crippen molar-refractivity contribution in [2.45, 2.75) is 77.2 Å². The number of carbonyl (C=O) groups excluding carboxylic acids is 2. The second-order valence-corrected chi connectivity index (χ2v) is 12.2. The van der Waals surface area contributed by atoms with Gasteiger partial charge in [0.25, 0.3) is 0 Å². The number of hydrogen-bond acceptors (Lipinski definition) is 4. The molecular weight excluding hydrogens is 551 g/mol. The second kappa shape index (κ2) is 12.6. The van der Waals surface area contributed by atoms with Gasteiger partial charge in [-0.25, -0.2) is 9.18 Å². The Morgan fingerprint density at radius 3 is 2.47 bits per heavy atom. The molecule has 4 rings (SSSR count). The number of carbonyl (C=O) groups is 2. The van der Waals surface area contributed by atoms with Crippen LogP contribution in [0.3, 0.4) is 0 Å². The molecule has 1 saturated carbocycles. The third-order valence-corrected chi connectivity index (χ3v) is 7.72. The van der Waals surface area contributed by atoms with Crippen LogP contribution in [-0.2, 0) is 27.2 Å². The van der Waals surface area contributed by atoms with Crippen LogP contribution in [0.1, 0.15) is 57.6 Å². The molecule has 206 valence electrons. The zero-order valence-corrected chi connectivity index (χ0v) is 24.1. The molecular formula is C30H38BrFN2O4. The minimum atomic E-state index is -0.659. The molecule has 1 aliphatic heterocycles. The number of hydrogen-bond donors (Lipinski definition) is 0. The van der Waals surface area contributed by atoms with Crippen molar-refractivity contribution in [3.63, 3.8) is 0 Å². The molecule has 0 unspecified atom stereocenters. The summed E-state index contributed by atoms with van der Waals surface area (Å²) >= 11 is 3.29. The molecule has 2 aromatic carbocycles. The van der Waals surface area contributed by atoms with Crippen LogP contribution >= 0.6 is 15.9 Å². The molecule has 0 bridgehead atoms. The van der Waals surface area contributed by atoms with E-state index in [1.807, 2.05) is 43.9 Å². The zero-order valence-electron chi connectivity index (χ0n) is 22.5. The predicted octanol–water partition coefficient (Wildman–Crippen LogP) is 6.35. The van der Waals surface area contributed by atoms with E-state index in [0.29, 0.717) is 55.4 Å². The van der Waals surface area contributed by atoms with Gasteiger partial charge in [0.1, 0.15) is 11.4 Å². The number of benzene rings is 2. The van der Waals surface area contributed by atoms with E-state index in [0.717, 1.165) is 6.42 Å². The summed E-state index contributed by atoms with van der Waals surface area (Å²) < 4.78 is 26.9. The van der Waals surface area contributed by atoms with Crippen molar-refractivity contribution in [1.82, 2.24) is 9.80 Å². The Morgan fingerprint density at radius 2 is 1.82 bits per heavy atom. The molecule has 1 atom stereocenters. The van der Waals surface area contributed by atoms with E-state index in [-0.39, 0.29) is 36.3 Å². The van der Waals surface area contributed by atoms with Gasteiger partial charge in [0.2, 0.25) is 5.91 Å². The first-order valence-electron chi connectivity index (χ1n) is 13.5. The summed E-state index contributed by atoms with van der Waals surface area (Å²) in [5.41, 5.74) is 0.986. The van der Waals surface area contributed by atoms with E-state index in [1.165, 1.54) is 11.6 Å². The van der Waals surface area contributed by atoms with Crippen LogP contribution in [-0.4, -0.2) is 59.2 Å². The first-order valence-corrected chi connectivity index (χ1v) is 14.3. The maximum atomic E-state index is 14.7. The summed E-state index contributed by atoms with van der Waals surface area (Å²) in [6, 6.07) is 15.0. The lowest BCUT2D eigenvalue weighted by Crippen LogP contribution is -2.50. The van der Waals surface area contributed by atoms with Crippen LogP contribution < -0.4 is 0 Å². The zero-order chi connectivity index (χ0) is 27.3. The van der Waals surface area contributed by atoms with Crippen molar-refractivity contribution >= 4 is 27.9 Å². The van der Waals surface area contributed by atoms with Gasteiger partial charge in [-0.1, -0.05) is 52.3 Å². The van der Waals surface area contributed by atoms with E-state index in [4.69, 9.17) is 9.47 Å². The number of rotatable bonds is 6. The normalized spacial score (nSPS) is 22.1. The molecule has 2 aliphatic rings. The molecule has 2 aromatic rings. The van der Waals surface area contributed by atoms with E-state index < -0.39 is 11.7 Å². The fraction of sp³-hybridized carbons (Fsp3) is 0.533. The minimum absolute atomic E-state index is 0.00472. The van der Waals surface area contributed by atoms with Crippen molar-refractivity contribution in [2.24, 2.45) is 5.92 Å². The number of amides is 2. The molecule has 0 N–H and O–H groups in total. The number of nitrogens with zero attached hydrogens (tertiary/aromatic N) is 2. The van der Waals surface area contributed by atoms with Crippen molar-refractivity contribution in [3.8, 4) is 0 Å². The molecule has 8 heteroatoms. The highest BCUT2D eigenvalue weighted by Gasteiger charge is 2.36. The Kier molecular flexibility index (Phi) is 9.47. The van der Waals surface area contributed by atoms with Gasteiger partial charge in [0.05, 0.1) is 19.3 Å². The van der Waals surface area contributed by atoms with Crippen LogP contribution in [0.5, 0.6) is 0 Å². The molecule has 1 saturated heterocycles. The van der Waals surface area contributed by atoms with Crippen LogP contribution in [0.4, 0.5) is 9.18 Å². The van der Waals surface area contributed by atoms with Gasteiger partial charge in [-0.15, -0.1) is 0 Å². The number of halogens is 2. The summed E-state index contributed by atoms with van der Waals surface area (Å²) in [6.07, 6.45) is 3.05. The maximum Gasteiger partial charge on any atom is 0.410 e. The topological polar surface area (TPSA) is 59.1 Å². The van der Waals surface area contributed by atoms with E-state index in [1.54, 1.807) is 17.0 Å². The lowest BCUT2D eigenvalue weighted by atomic mass is 9.84. The summed E-state index contributed by atoms with van der Waals surface area (Å²) in [5, 5.41) is 0. The average molecular weight is 590 g/mol. The second-order valence-electron chi connectivity index (χ2n) is 11.3. The van der Waals surface area contributed by atoms with E-state index in [9.17, 15) is 14.0 Å². The standard InChI is InChI=1S/C30H38BrFN2O4/c1-30(2,3)38-29(36)34(19-23-9-12-24(31)18-27(23)32)25-13-10-22(11-14-25)28(35)33-15-16-37-26(20-33)17-21-7-5-4-6-8-21/h4-9,12,18,22,25-26H,10-11,13-17,19-20H2,1-3H3/t22?,25?,26-/m0/s1. The van der Waals surface area contributed by atoms with Gasteiger partial charge >= 0.3 is 6.09 Å². The Morgan fingerprint density at radius 1 is 1.11 bits per heavy atom. The molecule has 1 aliphatic carbocycles. The SMILES string of the molecule is CC(C)(C)OC(=O)N(Cc1ccc(Br)cc1F)C1CCC(C(=O)N2CCO[C@@H](Cc3ccccc3)C2)CC1. The lowest BCUT2D eigenvalue weighted by Gasteiger charge is -2.40. The quantitative estimate of drug-likeness (QED) is 0.394. The Bertz CT molecular complexity index is 1100. The van der Waals surface area contributed by atoms with Gasteiger partial charge in [-0.3, -0.25) is 4.79 Å². The van der Waals surface area contributed by atoms with E-state index in [2.05, 4.69) is 28.1 Å². The van der Waals surface area contributed by atoms with Crippen LogP contribution in [0.2, 0.25) is 0 Å². The third-order valence-electron chi connectivity index (χ3n) is 7.23. The number of morpholine rings is 1. The average Bonchev–Trinajstić information content (AvgIpc) is 2.88. The highest BCUT2D eigenvalue weighted by Crippen LogP contribution is 2.32. The maximum absolute atomic E-state index is 14.7. The first kappa shape index (κ1) is 28.6. The van der Waals surface area contributed by atoms with Crippen molar-refractivity contribution in [2.75, 3.05) is 19.7 Å². The monoisotopic (exact) mass is 588 g/mol. The fourth-order valence-corrected chi connectivity index (χ4v) is 5.64. The Labute approximate surface area is 233 Å². The molecule has 6 nitrogen and oxygen atoms in total. The third kappa shape index (κ3) is 7.79. The van der Waals surface area contributed by atoms with Gasteiger partial charge in [-0.05, 0) is 64.2 Å². The predicted molar refractivity (Wildman–Crippen MR) is 148 cm³/mol. The van der Waals surface area contributed by atoms with Crippen LogP contribution in [0.15, 0.2) is 53.0 Å². The molecule has 38 heavy (non-hydrogen) atoms. The summed E-state index contributed by atoms with van der Waals surface area (Å²) in [7, 11) is 0. The highest BCUT2D eigenvalue weighted by molar-refractivity contribution is 9.10. The number of ether oxygens (including phenoxy) is 2. The molecule has 0 spiro atoms. The Balaban J connectivity index is 1.38. The van der Waals surface area contributed by atoms with E-state index >= 15 is 0 Å². The fourth-order valence-electron chi connectivity index (χ4n) is 5.31.